The summed E-state index contributed by atoms with van der Waals surface area (Å²) in [7, 11) is 0. The molecule has 1 saturated heterocycles. The van der Waals surface area contributed by atoms with Crippen molar-refractivity contribution in [1.29, 1.82) is 0 Å². The molecule has 102 valence electrons. The average Bonchev–Trinajstić information content (AvgIpc) is 2.86. The quantitative estimate of drug-likeness (QED) is 0.738. The number of aromatic nitrogens is 4. The number of aryl methyl sites for hydroxylation is 1. The van der Waals surface area contributed by atoms with Crippen molar-refractivity contribution in [2.75, 3.05) is 13.2 Å². The monoisotopic (exact) mass is 253 g/mol. The molecule has 1 fully saturated rings. The zero-order chi connectivity index (χ0) is 12.6. The number of hydrogen-bond donors (Lipinski definition) is 1. The lowest BCUT2D eigenvalue weighted by atomic mass is 10.1. The Hall–Kier alpha value is -1.01. The Morgan fingerprint density at radius 2 is 2.39 bits per heavy atom. The lowest BCUT2D eigenvalue weighted by Gasteiger charge is -2.22. The van der Waals surface area contributed by atoms with Crippen molar-refractivity contribution < 1.29 is 4.74 Å². The molecule has 1 unspecified atom stereocenters. The van der Waals surface area contributed by atoms with E-state index in [9.17, 15) is 0 Å². The van der Waals surface area contributed by atoms with Gasteiger partial charge < -0.3 is 10.1 Å². The molecule has 1 aromatic rings. The SMILES string of the molecule is CCCNCc1nnnn1CCC1CCCCO1. The Morgan fingerprint density at radius 1 is 1.44 bits per heavy atom. The number of tetrazole rings is 1. The first-order valence-electron chi connectivity index (χ1n) is 6.97. The molecule has 0 spiro atoms. The smallest absolute Gasteiger partial charge is 0.165 e. The van der Waals surface area contributed by atoms with Gasteiger partial charge in [-0.15, -0.1) is 5.10 Å². The fraction of sp³-hybridized carbons (Fsp3) is 0.917. The third kappa shape index (κ3) is 4.03. The highest BCUT2D eigenvalue weighted by Gasteiger charge is 2.15. The number of ether oxygens (including phenoxy) is 1. The molecule has 1 aliphatic rings. The lowest BCUT2D eigenvalue weighted by molar-refractivity contribution is 0.00806. The van der Waals surface area contributed by atoms with Gasteiger partial charge in [0.25, 0.3) is 0 Å². The third-order valence-corrected chi connectivity index (χ3v) is 3.25. The van der Waals surface area contributed by atoms with Gasteiger partial charge in [-0.3, -0.25) is 0 Å². The second kappa shape index (κ2) is 7.43. The molecule has 0 saturated carbocycles. The first-order chi connectivity index (χ1) is 8.90. The molecule has 1 N–H and O–H groups in total. The van der Waals surface area contributed by atoms with E-state index in [4.69, 9.17) is 4.74 Å². The van der Waals surface area contributed by atoms with Crippen LogP contribution in [0.5, 0.6) is 0 Å². The summed E-state index contributed by atoms with van der Waals surface area (Å²) >= 11 is 0. The largest absolute Gasteiger partial charge is 0.378 e. The Kier molecular flexibility index (Phi) is 5.54. The molecule has 2 rings (SSSR count). The maximum Gasteiger partial charge on any atom is 0.165 e. The number of hydrogen-bond acceptors (Lipinski definition) is 5. The summed E-state index contributed by atoms with van der Waals surface area (Å²) in [5.74, 6) is 0.916. The van der Waals surface area contributed by atoms with E-state index in [0.717, 1.165) is 44.9 Å². The van der Waals surface area contributed by atoms with E-state index in [1.165, 1.54) is 19.3 Å². The van der Waals surface area contributed by atoms with Gasteiger partial charge in [0.15, 0.2) is 5.82 Å². The summed E-state index contributed by atoms with van der Waals surface area (Å²) in [6.07, 6.45) is 6.17. The van der Waals surface area contributed by atoms with E-state index in [0.29, 0.717) is 6.10 Å². The summed E-state index contributed by atoms with van der Waals surface area (Å²) in [5.41, 5.74) is 0. The fourth-order valence-electron chi connectivity index (χ4n) is 2.20. The molecule has 2 heterocycles. The summed E-state index contributed by atoms with van der Waals surface area (Å²) in [5, 5.41) is 15.2. The predicted octanol–water partition coefficient (Wildman–Crippen LogP) is 1.13. The van der Waals surface area contributed by atoms with Crippen LogP contribution in [0.25, 0.3) is 0 Å². The zero-order valence-electron chi connectivity index (χ0n) is 11.1. The predicted molar refractivity (Wildman–Crippen MR) is 68.0 cm³/mol. The van der Waals surface area contributed by atoms with Crippen molar-refractivity contribution >= 4 is 0 Å². The van der Waals surface area contributed by atoms with Crippen LogP contribution >= 0.6 is 0 Å². The van der Waals surface area contributed by atoms with E-state index in [2.05, 4.69) is 27.8 Å². The first kappa shape index (κ1) is 13.4. The van der Waals surface area contributed by atoms with Crippen molar-refractivity contribution in [3.8, 4) is 0 Å². The minimum Gasteiger partial charge on any atom is -0.378 e. The van der Waals surface area contributed by atoms with E-state index in [1.54, 1.807) is 0 Å². The molecule has 18 heavy (non-hydrogen) atoms. The topological polar surface area (TPSA) is 64.9 Å². The minimum atomic E-state index is 0.388. The van der Waals surface area contributed by atoms with Crippen LogP contribution in [0.1, 0.15) is 44.9 Å². The molecular formula is C12H23N5O. The molecule has 0 aromatic carbocycles. The zero-order valence-corrected chi connectivity index (χ0v) is 11.1. The van der Waals surface area contributed by atoms with E-state index in [-0.39, 0.29) is 0 Å². The van der Waals surface area contributed by atoms with Crippen molar-refractivity contribution in [3.63, 3.8) is 0 Å². The molecule has 1 aromatic heterocycles. The van der Waals surface area contributed by atoms with Gasteiger partial charge in [0.05, 0.1) is 12.6 Å². The van der Waals surface area contributed by atoms with Crippen LogP contribution in [0.15, 0.2) is 0 Å². The second-order valence-corrected chi connectivity index (χ2v) is 4.77. The molecule has 6 heteroatoms. The van der Waals surface area contributed by atoms with Gasteiger partial charge in [0, 0.05) is 13.2 Å². The highest BCUT2D eigenvalue weighted by molar-refractivity contribution is 4.80. The van der Waals surface area contributed by atoms with Crippen LogP contribution in [-0.4, -0.2) is 39.5 Å². The standard InChI is InChI=1S/C12H23N5O/c1-2-7-13-10-12-14-15-16-17(12)8-6-11-5-3-4-9-18-11/h11,13H,2-10H2,1H3. The Bertz CT molecular complexity index is 335. The Morgan fingerprint density at radius 3 is 3.17 bits per heavy atom. The van der Waals surface area contributed by atoms with Gasteiger partial charge in [0.2, 0.25) is 0 Å². The third-order valence-electron chi connectivity index (χ3n) is 3.25. The maximum atomic E-state index is 5.72. The average molecular weight is 253 g/mol. The minimum absolute atomic E-state index is 0.388. The van der Waals surface area contributed by atoms with Crippen molar-refractivity contribution in [2.24, 2.45) is 0 Å². The molecule has 0 radical (unpaired) electrons. The summed E-state index contributed by atoms with van der Waals surface area (Å²) < 4.78 is 7.61. The van der Waals surface area contributed by atoms with Gasteiger partial charge in [0.1, 0.15) is 0 Å². The number of rotatable bonds is 7. The molecular weight excluding hydrogens is 230 g/mol. The summed E-state index contributed by atoms with van der Waals surface area (Å²) in [4.78, 5) is 0. The van der Waals surface area contributed by atoms with Crippen LogP contribution in [0.4, 0.5) is 0 Å². The van der Waals surface area contributed by atoms with Gasteiger partial charge in [-0.2, -0.15) is 0 Å². The molecule has 1 atom stereocenters. The van der Waals surface area contributed by atoms with E-state index < -0.39 is 0 Å². The lowest BCUT2D eigenvalue weighted by Crippen LogP contribution is -2.23. The normalized spacial score (nSPS) is 20.2. The van der Waals surface area contributed by atoms with Crippen LogP contribution in [0.2, 0.25) is 0 Å². The van der Waals surface area contributed by atoms with Crippen molar-refractivity contribution in [3.05, 3.63) is 5.82 Å². The first-order valence-corrected chi connectivity index (χ1v) is 6.97. The van der Waals surface area contributed by atoms with Crippen LogP contribution in [-0.2, 0) is 17.8 Å². The molecule has 6 nitrogen and oxygen atoms in total. The Balaban J connectivity index is 1.75. The summed E-state index contributed by atoms with van der Waals surface area (Å²) in [6.45, 7) is 5.65. The molecule has 0 amide bonds. The van der Waals surface area contributed by atoms with E-state index >= 15 is 0 Å². The van der Waals surface area contributed by atoms with E-state index in [1.807, 2.05) is 4.68 Å². The van der Waals surface area contributed by atoms with Crippen molar-refractivity contribution in [1.82, 2.24) is 25.5 Å². The Labute approximate surface area is 108 Å². The van der Waals surface area contributed by atoms with Gasteiger partial charge in [-0.25, -0.2) is 4.68 Å². The van der Waals surface area contributed by atoms with Crippen molar-refractivity contribution in [2.45, 2.75) is 58.2 Å². The molecule has 0 aliphatic carbocycles. The fourth-order valence-corrected chi connectivity index (χ4v) is 2.20. The van der Waals surface area contributed by atoms with Gasteiger partial charge in [-0.05, 0) is 49.1 Å². The van der Waals surface area contributed by atoms with Crippen LogP contribution in [0.3, 0.4) is 0 Å². The van der Waals surface area contributed by atoms with Gasteiger partial charge in [-0.1, -0.05) is 6.92 Å². The highest BCUT2D eigenvalue weighted by atomic mass is 16.5. The maximum absolute atomic E-state index is 5.72. The second-order valence-electron chi connectivity index (χ2n) is 4.77. The molecule has 1 aliphatic heterocycles. The number of nitrogens with one attached hydrogen (secondary N) is 1. The molecule has 0 bridgehead atoms. The van der Waals surface area contributed by atoms with Gasteiger partial charge >= 0.3 is 0 Å². The number of nitrogens with zero attached hydrogens (tertiary/aromatic N) is 4. The van der Waals surface area contributed by atoms with Crippen LogP contribution < -0.4 is 5.32 Å². The highest BCUT2D eigenvalue weighted by Crippen LogP contribution is 2.16. The summed E-state index contributed by atoms with van der Waals surface area (Å²) in [6, 6.07) is 0. The van der Waals surface area contributed by atoms with Crippen LogP contribution in [0, 0.1) is 0 Å².